The van der Waals surface area contributed by atoms with Gasteiger partial charge in [0.2, 0.25) is 0 Å². The molecular formula is C24H24F3N5O2. The average molecular weight is 471 g/mol. The van der Waals surface area contributed by atoms with E-state index in [0.717, 1.165) is 32.1 Å². The van der Waals surface area contributed by atoms with Crippen molar-refractivity contribution in [3.63, 3.8) is 0 Å². The van der Waals surface area contributed by atoms with Gasteiger partial charge in [0.05, 0.1) is 42.1 Å². The molecule has 1 N–H and O–H groups in total. The van der Waals surface area contributed by atoms with Crippen molar-refractivity contribution in [2.45, 2.75) is 25.4 Å². The van der Waals surface area contributed by atoms with Crippen LogP contribution in [-0.4, -0.2) is 48.2 Å². The number of nitrogens with zero attached hydrogens (tertiary/aromatic N) is 4. The molecule has 0 saturated carbocycles. The molecule has 0 spiro atoms. The van der Waals surface area contributed by atoms with E-state index in [-0.39, 0.29) is 17.1 Å². The zero-order valence-electron chi connectivity index (χ0n) is 18.7. The summed E-state index contributed by atoms with van der Waals surface area (Å²) in [6.45, 7) is 3.73. The number of methoxy groups -OCH3 is 1. The van der Waals surface area contributed by atoms with Crippen LogP contribution in [0.4, 0.5) is 24.7 Å². The molecule has 10 heteroatoms. The zero-order valence-corrected chi connectivity index (χ0v) is 18.7. The van der Waals surface area contributed by atoms with Crippen molar-refractivity contribution in [1.82, 2.24) is 14.9 Å². The quantitative estimate of drug-likeness (QED) is 0.456. The zero-order chi connectivity index (χ0) is 24.1. The smallest absolute Gasteiger partial charge is 0.418 e. The summed E-state index contributed by atoms with van der Waals surface area (Å²) in [4.78, 5) is 10.8. The number of halogens is 3. The van der Waals surface area contributed by atoms with Crippen LogP contribution in [-0.2, 0) is 6.18 Å². The predicted octanol–water partition coefficient (Wildman–Crippen LogP) is 5.14. The van der Waals surface area contributed by atoms with Gasteiger partial charge in [0.25, 0.3) is 0 Å². The Hall–Kier alpha value is -3.58. The predicted molar refractivity (Wildman–Crippen MR) is 121 cm³/mol. The maximum atomic E-state index is 13.6. The molecule has 0 aliphatic carbocycles. The fourth-order valence-electron chi connectivity index (χ4n) is 4.00. The van der Waals surface area contributed by atoms with Crippen molar-refractivity contribution >= 4 is 22.4 Å². The van der Waals surface area contributed by atoms with Crippen LogP contribution in [0.5, 0.6) is 11.5 Å². The van der Waals surface area contributed by atoms with Crippen LogP contribution in [0.3, 0.4) is 0 Å². The first-order valence-corrected chi connectivity index (χ1v) is 11.0. The monoisotopic (exact) mass is 471 g/mol. The first-order valence-electron chi connectivity index (χ1n) is 11.0. The number of nitrogens with one attached hydrogen (secondary N) is 1. The van der Waals surface area contributed by atoms with Crippen LogP contribution in [0.1, 0.15) is 30.4 Å². The third kappa shape index (κ3) is 5.31. The summed E-state index contributed by atoms with van der Waals surface area (Å²) in [6.07, 6.45) is -0.0294. The molecule has 2 heterocycles. The van der Waals surface area contributed by atoms with E-state index in [1.807, 2.05) is 0 Å². The van der Waals surface area contributed by atoms with Crippen LogP contribution in [0.2, 0.25) is 0 Å². The number of ether oxygens (including phenoxy) is 2. The van der Waals surface area contributed by atoms with E-state index < -0.39 is 11.7 Å². The van der Waals surface area contributed by atoms with Crippen LogP contribution in [0.15, 0.2) is 36.7 Å². The Morgan fingerprint density at radius 2 is 1.91 bits per heavy atom. The van der Waals surface area contributed by atoms with Gasteiger partial charge in [-0.2, -0.15) is 18.4 Å². The highest BCUT2D eigenvalue weighted by molar-refractivity contribution is 5.93. The molecule has 178 valence electrons. The third-order valence-electron chi connectivity index (χ3n) is 5.70. The van der Waals surface area contributed by atoms with Crippen molar-refractivity contribution in [3.8, 4) is 17.6 Å². The molecule has 3 aromatic rings. The average Bonchev–Trinajstić information content (AvgIpc) is 3.34. The van der Waals surface area contributed by atoms with Gasteiger partial charge in [0.1, 0.15) is 12.1 Å². The second-order valence-corrected chi connectivity index (χ2v) is 7.99. The largest absolute Gasteiger partial charge is 0.493 e. The van der Waals surface area contributed by atoms with Crippen molar-refractivity contribution in [2.24, 2.45) is 0 Å². The van der Waals surface area contributed by atoms with Crippen molar-refractivity contribution < 1.29 is 22.6 Å². The minimum atomic E-state index is -4.65. The number of nitriles is 1. The molecule has 0 atom stereocenters. The fourth-order valence-corrected chi connectivity index (χ4v) is 4.00. The van der Waals surface area contributed by atoms with E-state index in [9.17, 15) is 13.2 Å². The number of rotatable bonds is 8. The van der Waals surface area contributed by atoms with E-state index in [1.165, 1.54) is 38.4 Å². The Balaban J connectivity index is 1.58. The molecule has 34 heavy (non-hydrogen) atoms. The standard InChI is InChI=1S/C24H24F3N5O2/c1-33-21-12-17-20(13-22(21)34-10-4-9-32-7-2-3-8-32)29-15-30-23(17)31-19-6-5-16(14-28)11-18(19)24(25,26)27/h5-6,11-13,15H,2-4,7-10H2,1H3,(H,29,30,31). The lowest BCUT2D eigenvalue weighted by molar-refractivity contribution is -0.136. The highest BCUT2D eigenvalue weighted by atomic mass is 19.4. The van der Waals surface area contributed by atoms with Gasteiger partial charge in [-0.05, 0) is 56.6 Å². The maximum Gasteiger partial charge on any atom is 0.418 e. The number of likely N-dealkylation sites (tertiary alicyclic amines) is 1. The van der Waals surface area contributed by atoms with E-state index in [4.69, 9.17) is 14.7 Å². The highest BCUT2D eigenvalue weighted by Gasteiger charge is 2.34. The number of aromatic nitrogens is 2. The molecule has 2 aromatic carbocycles. The number of anilines is 2. The second kappa shape index (κ2) is 10.1. The summed E-state index contributed by atoms with van der Waals surface area (Å²) in [5.41, 5.74) is -0.760. The molecule has 0 amide bonds. The van der Waals surface area contributed by atoms with Gasteiger partial charge in [-0.3, -0.25) is 0 Å². The van der Waals surface area contributed by atoms with Crippen LogP contribution >= 0.6 is 0 Å². The van der Waals surface area contributed by atoms with Gasteiger partial charge in [-0.1, -0.05) is 0 Å². The normalized spacial score (nSPS) is 14.2. The summed E-state index contributed by atoms with van der Waals surface area (Å²) in [7, 11) is 1.50. The number of hydrogen-bond acceptors (Lipinski definition) is 7. The van der Waals surface area contributed by atoms with E-state index in [1.54, 1.807) is 18.2 Å². The lowest BCUT2D eigenvalue weighted by atomic mass is 10.1. The summed E-state index contributed by atoms with van der Waals surface area (Å²) in [5.74, 6) is 1.12. The minimum absolute atomic E-state index is 0.0846. The third-order valence-corrected chi connectivity index (χ3v) is 5.70. The molecule has 1 aliphatic rings. The number of hydrogen-bond donors (Lipinski definition) is 1. The Bertz CT molecular complexity index is 1200. The molecule has 1 saturated heterocycles. The number of alkyl halides is 3. The van der Waals surface area contributed by atoms with Crippen LogP contribution < -0.4 is 14.8 Å². The summed E-state index contributed by atoms with van der Waals surface area (Å²) in [6, 6.07) is 8.40. The number of benzene rings is 2. The molecule has 7 nitrogen and oxygen atoms in total. The molecule has 0 radical (unpaired) electrons. The van der Waals surface area contributed by atoms with Gasteiger partial charge >= 0.3 is 6.18 Å². The summed E-state index contributed by atoms with van der Waals surface area (Å²) < 4.78 is 52.1. The molecule has 0 unspecified atom stereocenters. The first-order chi connectivity index (χ1) is 16.4. The van der Waals surface area contributed by atoms with E-state index in [2.05, 4.69) is 20.2 Å². The van der Waals surface area contributed by atoms with E-state index in [0.29, 0.717) is 29.0 Å². The number of fused-ring (bicyclic) bond motifs is 1. The summed E-state index contributed by atoms with van der Waals surface area (Å²) >= 11 is 0. The Kier molecular flexibility index (Phi) is 7.03. The topological polar surface area (TPSA) is 83.3 Å². The van der Waals surface area contributed by atoms with E-state index >= 15 is 0 Å². The van der Waals surface area contributed by atoms with Gasteiger partial charge in [0.15, 0.2) is 11.5 Å². The molecule has 1 fully saturated rings. The Labute approximate surface area is 195 Å². The van der Waals surface area contributed by atoms with Gasteiger partial charge in [-0.25, -0.2) is 9.97 Å². The molecule has 1 aromatic heterocycles. The lowest BCUT2D eigenvalue weighted by Gasteiger charge is -2.17. The first kappa shape index (κ1) is 23.6. The second-order valence-electron chi connectivity index (χ2n) is 7.99. The Morgan fingerprint density at radius 1 is 1.12 bits per heavy atom. The van der Waals surface area contributed by atoms with Crippen molar-refractivity contribution in [1.29, 1.82) is 5.26 Å². The highest BCUT2D eigenvalue weighted by Crippen LogP contribution is 2.39. The SMILES string of the molecule is COc1cc2c(Nc3ccc(C#N)cc3C(F)(F)F)ncnc2cc1OCCCN1CCCC1. The molecule has 1 aliphatic heterocycles. The van der Waals surface area contributed by atoms with Gasteiger partial charge in [-0.15, -0.1) is 0 Å². The fraction of sp³-hybridized carbons (Fsp3) is 0.375. The molecule has 4 rings (SSSR count). The lowest BCUT2D eigenvalue weighted by Crippen LogP contribution is -2.21. The van der Waals surface area contributed by atoms with Gasteiger partial charge in [0, 0.05) is 18.0 Å². The maximum absolute atomic E-state index is 13.6. The van der Waals surface area contributed by atoms with Gasteiger partial charge < -0.3 is 19.7 Å². The molecule has 0 bridgehead atoms. The van der Waals surface area contributed by atoms with Crippen LogP contribution in [0.25, 0.3) is 10.9 Å². The summed E-state index contributed by atoms with van der Waals surface area (Å²) in [5, 5.41) is 12.2. The van der Waals surface area contributed by atoms with Crippen molar-refractivity contribution in [3.05, 3.63) is 47.8 Å². The Morgan fingerprint density at radius 3 is 2.62 bits per heavy atom. The van der Waals surface area contributed by atoms with Crippen LogP contribution in [0, 0.1) is 11.3 Å². The van der Waals surface area contributed by atoms with Crippen molar-refractivity contribution in [2.75, 3.05) is 38.7 Å². The molecular weight excluding hydrogens is 447 g/mol. The minimum Gasteiger partial charge on any atom is -0.493 e.